The molecule has 0 radical (unpaired) electrons. The van der Waals surface area contributed by atoms with Crippen molar-refractivity contribution < 1.29 is 9.90 Å². The predicted octanol–water partition coefficient (Wildman–Crippen LogP) is 1.70. The summed E-state index contributed by atoms with van der Waals surface area (Å²) in [6.45, 7) is 5.87. The van der Waals surface area contributed by atoms with Gasteiger partial charge in [0, 0.05) is 23.8 Å². The van der Waals surface area contributed by atoms with Gasteiger partial charge in [0.2, 0.25) is 5.91 Å². The molecule has 0 spiro atoms. The van der Waals surface area contributed by atoms with Crippen molar-refractivity contribution >= 4 is 17.7 Å². The van der Waals surface area contributed by atoms with Crippen molar-refractivity contribution in [1.29, 1.82) is 0 Å². The van der Waals surface area contributed by atoms with E-state index in [1.807, 2.05) is 26.0 Å². The van der Waals surface area contributed by atoms with E-state index in [1.54, 1.807) is 19.3 Å². The van der Waals surface area contributed by atoms with Gasteiger partial charge in [-0.25, -0.2) is 0 Å². The molecular formula is C13H20N2O2S. The maximum absolute atomic E-state index is 11.6. The number of aromatic nitrogens is 1. The zero-order valence-electron chi connectivity index (χ0n) is 11.0. The lowest BCUT2D eigenvalue weighted by Gasteiger charge is -2.27. The summed E-state index contributed by atoms with van der Waals surface area (Å²) >= 11 is 1.45. The molecule has 0 saturated heterocycles. The zero-order valence-corrected chi connectivity index (χ0v) is 11.8. The summed E-state index contributed by atoms with van der Waals surface area (Å²) in [6.07, 6.45) is 3.40. The van der Waals surface area contributed by atoms with Crippen LogP contribution in [0.5, 0.6) is 0 Å². The number of hydrogen-bond acceptors (Lipinski definition) is 4. The summed E-state index contributed by atoms with van der Waals surface area (Å²) in [7, 11) is 0. The molecule has 100 valence electrons. The normalized spacial score (nSPS) is 14.3. The third-order valence-electron chi connectivity index (χ3n) is 2.91. The Morgan fingerprint density at radius 3 is 2.67 bits per heavy atom. The highest BCUT2D eigenvalue weighted by atomic mass is 32.2. The minimum Gasteiger partial charge on any atom is -0.388 e. The standard InChI is InChI=1S/C13H20N2O2S/c1-10(2)13(3,17)9-15-12(16)8-18-11-4-6-14-7-5-11/h4-7,10,17H,8-9H2,1-3H3,(H,15,16). The molecule has 18 heavy (non-hydrogen) atoms. The van der Waals surface area contributed by atoms with E-state index >= 15 is 0 Å². The van der Waals surface area contributed by atoms with E-state index < -0.39 is 5.60 Å². The van der Waals surface area contributed by atoms with Crippen LogP contribution in [0.4, 0.5) is 0 Å². The zero-order chi connectivity index (χ0) is 13.6. The van der Waals surface area contributed by atoms with Gasteiger partial charge in [0.25, 0.3) is 0 Å². The number of nitrogens with one attached hydrogen (secondary N) is 1. The van der Waals surface area contributed by atoms with Crippen LogP contribution in [0.1, 0.15) is 20.8 Å². The monoisotopic (exact) mass is 268 g/mol. The van der Waals surface area contributed by atoms with Crippen LogP contribution in [-0.4, -0.2) is 33.9 Å². The number of rotatable bonds is 6. The number of hydrogen-bond donors (Lipinski definition) is 2. The summed E-state index contributed by atoms with van der Waals surface area (Å²) in [5.74, 6) is 0.376. The first-order chi connectivity index (χ1) is 8.42. The molecule has 0 bridgehead atoms. The van der Waals surface area contributed by atoms with Crippen LogP contribution < -0.4 is 5.32 Å². The van der Waals surface area contributed by atoms with Gasteiger partial charge in [-0.15, -0.1) is 11.8 Å². The maximum Gasteiger partial charge on any atom is 0.230 e. The quantitative estimate of drug-likeness (QED) is 0.771. The van der Waals surface area contributed by atoms with E-state index in [-0.39, 0.29) is 18.4 Å². The van der Waals surface area contributed by atoms with Crippen molar-refractivity contribution in [2.75, 3.05) is 12.3 Å². The van der Waals surface area contributed by atoms with Gasteiger partial charge >= 0.3 is 0 Å². The number of carbonyl (C=O) groups excluding carboxylic acids is 1. The van der Waals surface area contributed by atoms with E-state index in [0.717, 1.165) is 4.90 Å². The second-order valence-corrected chi connectivity index (χ2v) is 5.81. The van der Waals surface area contributed by atoms with Crippen molar-refractivity contribution in [2.45, 2.75) is 31.3 Å². The van der Waals surface area contributed by atoms with E-state index in [4.69, 9.17) is 0 Å². The van der Waals surface area contributed by atoms with Gasteiger partial charge in [-0.1, -0.05) is 13.8 Å². The molecule has 5 heteroatoms. The number of amides is 1. The molecule has 1 amide bonds. The van der Waals surface area contributed by atoms with E-state index in [1.165, 1.54) is 11.8 Å². The van der Waals surface area contributed by atoms with Crippen LogP contribution in [0.2, 0.25) is 0 Å². The van der Waals surface area contributed by atoms with Crippen molar-refractivity contribution in [1.82, 2.24) is 10.3 Å². The number of nitrogens with zero attached hydrogens (tertiary/aromatic N) is 1. The van der Waals surface area contributed by atoms with Gasteiger partial charge in [-0.2, -0.15) is 0 Å². The van der Waals surface area contributed by atoms with Crippen LogP contribution in [0, 0.1) is 5.92 Å². The Labute approximate surface area is 112 Å². The Kier molecular flexibility index (Phi) is 5.62. The van der Waals surface area contributed by atoms with Crippen molar-refractivity contribution in [2.24, 2.45) is 5.92 Å². The molecule has 1 rings (SSSR count). The largest absolute Gasteiger partial charge is 0.388 e. The molecule has 4 nitrogen and oxygen atoms in total. The van der Waals surface area contributed by atoms with Gasteiger partial charge in [0.1, 0.15) is 0 Å². The SMILES string of the molecule is CC(C)C(C)(O)CNC(=O)CSc1ccncc1. The third-order valence-corrected chi connectivity index (χ3v) is 3.92. The van der Waals surface area contributed by atoms with Gasteiger partial charge in [-0.05, 0) is 25.0 Å². The maximum atomic E-state index is 11.6. The molecular weight excluding hydrogens is 248 g/mol. The number of aliphatic hydroxyl groups is 1. The van der Waals surface area contributed by atoms with Crippen LogP contribution in [0.25, 0.3) is 0 Å². The van der Waals surface area contributed by atoms with Gasteiger partial charge in [0.15, 0.2) is 0 Å². The Hall–Kier alpha value is -1.07. The average Bonchev–Trinajstić information content (AvgIpc) is 2.35. The smallest absolute Gasteiger partial charge is 0.230 e. The van der Waals surface area contributed by atoms with Crippen molar-refractivity contribution in [3.05, 3.63) is 24.5 Å². The highest BCUT2D eigenvalue weighted by molar-refractivity contribution is 8.00. The highest BCUT2D eigenvalue weighted by Crippen LogP contribution is 2.17. The van der Waals surface area contributed by atoms with Crippen molar-refractivity contribution in [3.8, 4) is 0 Å². The molecule has 2 N–H and O–H groups in total. The molecule has 0 aromatic carbocycles. The van der Waals surface area contributed by atoms with Crippen LogP contribution >= 0.6 is 11.8 Å². The highest BCUT2D eigenvalue weighted by Gasteiger charge is 2.25. The van der Waals surface area contributed by atoms with Crippen molar-refractivity contribution in [3.63, 3.8) is 0 Å². The van der Waals surface area contributed by atoms with Gasteiger partial charge < -0.3 is 10.4 Å². The topological polar surface area (TPSA) is 62.2 Å². The van der Waals surface area contributed by atoms with Crippen LogP contribution in [0.3, 0.4) is 0 Å². The molecule has 1 atom stereocenters. The molecule has 1 heterocycles. The number of pyridine rings is 1. The second kappa shape index (κ2) is 6.75. The van der Waals surface area contributed by atoms with Crippen LogP contribution in [0.15, 0.2) is 29.4 Å². The molecule has 0 aliphatic rings. The fourth-order valence-electron chi connectivity index (χ4n) is 1.12. The first-order valence-electron chi connectivity index (χ1n) is 5.93. The first-order valence-corrected chi connectivity index (χ1v) is 6.92. The molecule has 0 saturated carbocycles. The summed E-state index contributed by atoms with van der Waals surface area (Å²) in [6, 6.07) is 3.73. The molecule has 0 aliphatic heterocycles. The summed E-state index contributed by atoms with van der Waals surface area (Å²) in [4.78, 5) is 16.6. The summed E-state index contributed by atoms with van der Waals surface area (Å²) < 4.78 is 0. The van der Waals surface area contributed by atoms with E-state index in [0.29, 0.717) is 5.75 Å². The van der Waals surface area contributed by atoms with Gasteiger partial charge in [-0.3, -0.25) is 9.78 Å². The lowest BCUT2D eigenvalue weighted by Crippen LogP contribution is -2.44. The van der Waals surface area contributed by atoms with E-state index in [9.17, 15) is 9.90 Å². The molecule has 0 fully saturated rings. The third kappa shape index (κ3) is 5.06. The summed E-state index contributed by atoms with van der Waals surface area (Å²) in [5, 5.41) is 12.7. The second-order valence-electron chi connectivity index (χ2n) is 4.76. The molecule has 1 aromatic heterocycles. The fraction of sp³-hybridized carbons (Fsp3) is 0.538. The molecule has 0 aliphatic carbocycles. The minimum atomic E-state index is -0.864. The Balaban J connectivity index is 2.31. The van der Waals surface area contributed by atoms with Crippen LogP contribution in [-0.2, 0) is 4.79 Å². The van der Waals surface area contributed by atoms with E-state index in [2.05, 4.69) is 10.3 Å². The predicted molar refractivity (Wildman–Crippen MR) is 73.4 cm³/mol. The Bertz CT molecular complexity index is 380. The molecule has 1 aromatic rings. The number of carbonyl (C=O) groups is 1. The van der Waals surface area contributed by atoms with Gasteiger partial charge in [0.05, 0.1) is 11.4 Å². The lowest BCUT2D eigenvalue weighted by molar-refractivity contribution is -0.120. The Morgan fingerprint density at radius 2 is 2.11 bits per heavy atom. The molecule has 1 unspecified atom stereocenters. The average molecular weight is 268 g/mol. The first kappa shape index (κ1) is 15.0. The Morgan fingerprint density at radius 1 is 1.50 bits per heavy atom. The lowest BCUT2D eigenvalue weighted by atomic mass is 9.93. The minimum absolute atomic E-state index is 0.0715. The fourth-order valence-corrected chi connectivity index (χ4v) is 1.83. The summed E-state index contributed by atoms with van der Waals surface area (Å²) in [5.41, 5.74) is -0.864. The number of thioether (sulfide) groups is 1.